The highest BCUT2D eigenvalue weighted by atomic mass is 79.9. The van der Waals surface area contributed by atoms with E-state index in [1.54, 1.807) is 12.1 Å². The molecule has 18 heavy (non-hydrogen) atoms. The Kier molecular flexibility index (Phi) is 4.95. The van der Waals surface area contributed by atoms with Crippen LogP contribution in [0.25, 0.3) is 0 Å². The van der Waals surface area contributed by atoms with E-state index in [1.807, 2.05) is 6.07 Å². The number of thiophene rings is 1. The highest BCUT2D eigenvalue weighted by Crippen LogP contribution is 2.39. The van der Waals surface area contributed by atoms with E-state index in [2.05, 4.69) is 15.9 Å². The molecule has 0 bridgehead atoms. The quantitative estimate of drug-likeness (QED) is 0.528. The molecular formula is C12H7BrCl3FS. The summed E-state index contributed by atoms with van der Waals surface area (Å²) in [6, 6.07) is 6.45. The Morgan fingerprint density at radius 3 is 2.61 bits per heavy atom. The predicted octanol–water partition coefficient (Wildman–Crippen LogP) is 6.48. The molecule has 0 spiro atoms. The highest BCUT2D eigenvalue weighted by Gasteiger charge is 2.17. The van der Waals surface area contributed by atoms with Gasteiger partial charge in [0.05, 0.1) is 5.38 Å². The van der Waals surface area contributed by atoms with E-state index in [0.29, 0.717) is 21.3 Å². The molecule has 0 radical (unpaired) electrons. The zero-order valence-electron chi connectivity index (χ0n) is 8.89. The second-order valence-electron chi connectivity index (χ2n) is 3.64. The van der Waals surface area contributed by atoms with E-state index in [1.165, 1.54) is 17.4 Å². The molecule has 2 aromatic rings. The summed E-state index contributed by atoms with van der Waals surface area (Å²) in [5.41, 5.74) is 0.430. The predicted molar refractivity (Wildman–Crippen MR) is 80.7 cm³/mol. The molecule has 1 atom stereocenters. The lowest BCUT2D eigenvalue weighted by molar-refractivity contribution is 0.608. The lowest BCUT2D eigenvalue weighted by atomic mass is 10.1. The maximum absolute atomic E-state index is 13.6. The summed E-state index contributed by atoms with van der Waals surface area (Å²) in [5, 5.41) is 0.0376. The van der Waals surface area contributed by atoms with Gasteiger partial charge < -0.3 is 0 Å². The first-order chi connectivity index (χ1) is 8.49. The minimum Gasteiger partial charge on any atom is -0.207 e. The van der Waals surface area contributed by atoms with Gasteiger partial charge in [-0.1, -0.05) is 29.3 Å². The van der Waals surface area contributed by atoms with Crippen molar-refractivity contribution in [3.8, 4) is 0 Å². The van der Waals surface area contributed by atoms with E-state index in [-0.39, 0.29) is 11.2 Å². The van der Waals surface area contributed by atoms with Crippen LogP contribution in [0.3, 0.4) is 0 Å². The standard InChI is InChI=1S/C12H7BrCl3FS/c13-7-5-11(18-12(7)16)9(15)4-6-8(14)2-1-3-10(6)17/h1-3,5,9H,4H2. The average molecular weight is 389 g/mol. The van der Waals surface area contributed by atoms with Crippen molar-refractivity contribution in [1.29, 1.82) is 0 Å². The second kappa shape index (κ2) is 6.10. The Morgan fingerprint density at radius 2 is 2.06 bits per heavy atom. The third-order valence-corrected chi connectivity index (χ3v) is 5.88. The van der Waals surface area contributed by atoms with Gasteiger partial charge in [0.25, 0.3) is 0 Å². The maximum atomic E-state index is 13.6. The summed E-state index contributed by atoms with van der Waals surface area (Å²) in [6.07, 6.45) is 0.330. The third-order valence-electron chi connectivity index (χ3n) is 2.42. The number of alkyl halides is 1. The molecule has 6 heteroatoms. The molecule has 1 aromatic carbocycles. The number of hydrogen-bond donors (Lipinski definition) is 0. The van der Waals surface area contributed by atoms with E-state index in [9.17, 15) is 4.39 Å². The molecule has 1 unspecified atom stereocenters. The summed E-state index contributed by atoms with van der Waals surface area (Å²) in [7, 11) is 0. The smallest absolute Gasteiger partial charge is 0.127 e. The first kappa shape index (κ1) is 14.6. The second-order valence-corrected chi connectivity index (χ2v) is 7.12. The third kappa shape index (κ3) is 3.20. The molecule has 0 aliphatic carbocycles. The van der Waals surface area contributed by atoms with Crippen LogP contribution in [0.5, 0.6) is 0 Å². The molecular weight excluding hydrogens is 381 g/mol. The van der Waals surface area contributed by atoms with Gasteiger partial charge in [-0.3, -0.25) is 0 Å². The Hall–Kier alpha value is 0.200. The topological polar surface area (TPSA) is 0 Å². The SMILES string of the molecule is Fc1cccc(Cl)c1CC(Cl)c1cc(Br)c(Cl)s1. The Balaban J connectivity index is 2.23. The van der Waals surface area contributed by atoms with Gasteiger partial charge in [-0.15, -0.1) is 22.9 Å². The minimum atomic E-state index is -0.354. The molecule has 0 aliphatic heterocycles. The molecule has 0 saturated heterocycles. The first-order valence-corrected chi connectivity index (χ1v) is 7.81. The lowest BCUT2D eigenvalue weighted by Crippen LogP contribution is -1.97. The summed E-state index contributed by atoms with van der Waals surface area (Å²) < 4.78 is 15.1. The van der Waals surface area contributed by atoms with Crippen molar-refractivity contribution >= 4 is 62.1 Å². The summed E-state index contributed by atoms with van der Waals surface area (Å²) in [5.74, 6) is -0.338. The fraction of sp³-hybridized carbons (Fsp3) is 0.167. The van der Waals surface area contributed by atoms with E-state index >= 15 is 0 Å². The van der Waals surface area contributed by atoms with Gasteiger partial charge in [0, 0.05) is 19.9 Å². The van der Waals surface area contributed by atoms with Crippen molar-refractivity contribution in [3.05, 3.63) is 54.4 Å². The molecule has 1 aromatic heterocycles. The Bertz CT molecular complexity index is 531. The number of benzene rings is 1. The van der Waals surface area contributed by atoms with Gasteiger partial charge in [0.15, 0.2) is 0 Å². The normalized spacial score (nSPS) is 12.7. The van der Waals surface area contributed by atoms with Gasteiger partial charge >= 0.3 is 0 Å². The fourth-order valence-electron chi connectivity index (χ4n) is 1.52. The Labute approximate surface area is 132 Å². The van der Waals surface area contributed by atoms with Crippen LogP contribution in [-0.2, 0) is 6.42 Å². The molecule has 0 nitrogen and oxygen atoms in total. The largest absolute Gasteiger partial charge is 0.207 e. The van der Waals surface area contributed by atoms with Gasteiger partial charge in [-0.25, -0.2) is 4.39 Å². The van der Waals surface area contributed by atoms with Crippen molar-refractivity contribution < 1.29 is 4.39 Å². The molecule has 0 amide bonds. The zero-order valence-corrected chi connectivity index (χ0v) is 13.6. The summed E-state index contributed by atoms with van der Waals surface area (Å²) in [6.45, 7) is 0. The van der Waals surface area contributed by atoms with Crippen molar-refractivity contribution in [2.45, 2.75) is 11.8 Å². The average Bonchev–Trinajstić information content (AvgIpc) is 2.64. The number of halogens is 5. The number of hydrogen-bond acceptors (Lipinski definition) is 1. The molecule has 0 N–H and O–H groups in total. The fourth-order valence-corrected chi connectivity index (χ4v) is 3.83. The van der Waals surface area contributed by atoms with Crippen LogP contribution in [-0.4, -0.2) is 0 Å². The van der Waals surface area contributed by atoms with Crippen LogP contribution in [0.2, 0.25) is 9.36 Å². The molecule has 0 fully saturated rings. The van der Waals surface area contributed by atoms with Crippen molar-refractivity contribution in [2.75, 3.05) is 0 Å². The first-order valence-electron chi connectivity index (χ1n) is 5.00. The molecule has 0 aliphatic rings. The van der Waals surface area contributed by atoms with E-state index < -0.39 is 0 Å². The van der Waals surface area contributed by atoms with Crippen LogP contribution in [0.15, 0.2) is 28.7 Å². The van der Waals surface area contributed by atoms with Gasteiger partial charge in [0.1, 0.15) is 10.2 Å². The van der Waals surface area contributed by atoms with Crippen LogP contribution in [0.1, 0.15) is 15.8 Å². The van der Waals surface area contributed by atoms with Gasteiger partial charge in [-0.05, 0) is 40.5 Å². The van der Waals surface area contributed by atoms with E-state index in [4.69, 9.17) is 34.8 Å². The molecule has 0 saturated carbocycles. The van der Waals surface area contributed by atoms with Crippen molar-refractivity contribution in [3.63, 3.8) is 0 Å². The highest BCUT2D eigenvalue weighted by molar-refractivity contribution is 9.10. The molecule has 2 rings (SSSR count). The lowest BCUT2D eigenvalue weighted by Gasteiger charge is -2.09. The van der Waals surface area contributed by atoms with Crippen LogP contribution in [0.4, 0.5) is 4.39 Å². The monoisotopic (exact) mass is 386 g/mol. The van der Waals surface area contributed by atoms with Crippen LogP contribution < -0.4 is 0 Å². The van der Waals surface area contributed by atoms with Gasteiger partial charge in [0.2, 0.25) is 0 Å². The van der Waals surface area contributed by atoms with Gasteiger partial charge in [-0.2, -0.15) is 0 Å². The molecule has 96 valence electrons. The minimum absolute atomic E-state index is 0.330. The Morgan fingerprint density at radius 1 is 1.33 bits per heavy atom. The summed E-state index contributed by atoms with van der Waals surface area (Å²) in [4.78, 5) is 0.882. The number of rotatable bonds is 3. The van der Waals surface area contributed by atoms with Crippen LogP contribution in [0, 0.1) is 5.82 Å². The van der Waals surface area contributed by atoms with E-state index in [0.717, 1.165) is 9.35 Å². The summed E-state index contributed by atoms with van der Waals surface area (Å²) >= 11 is 22.9. The van der Waals surface area contributed by atoms with Crippen molar-refractivity contribution in [2.24, 2.45) is 0 Å². The molecule has 1 heterocycles. The maximum Gasteiger partial charge on any atom is 0.127 e. The zero-order chi connectivity index (χ0) is 13.3. The van der Waals surface area contributed by atoms with Crippen LogP contribution >= 0.6 is 62.1 Å². The van der Waals surface area contributed by atoms with Crippen molar-refractivity contribution in [1.82, 2.24) is 0 Å².